The molecular weight excluding hydrogens is 511 g/mol. The normalized spacial score (nSPS) is 16.7. The number of pyridine rings is 1. The zero-order valence-corrected chi connectivity index (χ0v) is 21.7. The van der Waals surface area contributed by atoms with Gasteiger partial charge in [0.25, 0.3) is 0 Å². The Morgan fingerprint density at radius 2 is 1.57 bits per heavy atom. The lowest BCUT2D eigenvalue weighted by Gasteiger charge is -2.29. The van der Waals surface area contributed by atoms with E-state index in [0.717, 1.165) is 30.0 Å². The second kappa shape index (κ2) is 14.0. The number of benzene rings is 2. The van der Waals surface area contributed by atoms with Crippen LogP contribution in [0.5, 0.6) is 0 Å². The molecule has 0 radical (unpaired) electrons. The van der Waals surface area contributed by atoms with Gasteiger partial charge in [-0.3, -0.25) is 9.78 Å². The number of esters is 2. The fourth-order valence-electron chi connectivity index (χ4n) is 3.70. The Kier molecular flexibility index (Phi) is 11.5. The molecule has 1 N–H and O–H groups in total. The maximum atomic E-state index is 11.5. The van der Waals surface area contributed by atoms with E-state index in [1.807, 2.05) is 36.4 Å². The van der Waals surface area contributed by atoms with Crippen LogP contribution in [0.2, 0.25) is 10.0 Å². The molecule has 6 nitrogen and oxygen atoms in total. The lowest BCUT2D eigenvalue weighted by molar-refractivity contribution is -0.146. The molecule has 2 unspecified atom stereocenters. The molecule has 9 heteroatoms. The van der Waals surface area contributed by atoms with E-state index in [2.05, 4.69) is 15.0 Å². The van der Waals surface area contributed by atoms with E-state index in [0.29, 0.717) is 16.3 Å². The van der Waals surface area contributed by atoms with Crippen molar-refractivity contribution in [3.63, 3.8) is 0 Å². The molecule has 1 saturated heterocycles. The van der Waals surface area contributed by atoms with E-state index in [9.17, 15) is 9.59 Å². The maximum Gasteiger partial charge on any atom is 0.337 e. The lowest BCUT2D eigenvalue weighted by Crippen LogP contribution is -2.35. The molecule has 0 amide bonds. The van der Waals surface area contributed by atoms with Crippen LogP contribution in [0.3, 0.4) is 0 Å². The van der Waals surface area contributed by atoms with Gasteiger partial charge in [-0.15, -0.1) is 12.4 Å². The van der Waals surface area contributed by atoms with Crippen LogP contribution in [0.15, 0.2) is 66.9 Å². The average Bonchev–Trinajstić information content (AvgIpc) is 2.89. The number of nitrogens with one attached hydrogen (secondary N) is 1. The Morgan fingerprint density at radius 1 is 0.943 bits per heavy atom. The zero-order chi connectivity index (χ0) is 24.5. The van der Waals surface area contributed by atoms with E-state index < -0.39 is 0 Å². The molecule has 0 spiro atoms. The van der Waals surface area contributed by atoms with Crippen molar-refractivity contribution in [1.29, 1.82) is 0 Å². The molecule has 3 aromatic rings. The van der Waals surface area contributed by atoms with Crippen molar-refractivity contribution in [2.75, 3.05) is 20.8 Å². The van der Waals surface area contributed by atoms with Crippen molar-refractivity contribution in [1.82, 2.24) is 10.3 Å². The van der Waals surface area contributed by atoms with Gasteiger partial charge in [-0.2, -0.15) is 0 Å². The predicted molar refractivity (Wildman–Crippen MR) is 140 cm³/mol. The largest absolute Gasteiger partial charge is 0.469 e. The second-order valence-electron chi connectivity index (χ2n) is 7.73. The van der Waals surface area contributed by atoms with Gasteiger partial charge < -0.3 is 14.8 Å². The minimum atomic E-state index is -0.373. The summed E-state index contributed by atoms with van der Waals surface area (Å²) in [5.41, 5.74) is 3.26. The molecule has 1 aliphatic rings. The number of piperidine rings is 1. The van der Waals surface area contributed by atoms with Crippen molar-refractivity contribution in [3.8, 4) is 11.3 Å². The summed E-state index contributed by atoms with van der Waals surface area (Å²) in [7, 11) is 2.80. The van der Waals surface area contributed by atoms with E-state index >= 15 is 0 Å². The van der Waals surface area contributed by atoms with Crippen LogP contribution in [0, 0.1) is 5.92 Å². The number of ether oxygens (including phenoxy) is 2. The molecule has 0 saturated carbocycles. The van der Waals surface area contributed by atoms with Gasteiger partial charge in [0, 0.05) is 27.8 Å². The first-order chi connectivity index (χ1) is 16.4. The minimum absolute atomic E-state index is 0. The highest BCUT2D eigenvalue weighted by Crippen LogP contribution is 2.28. The summed E-state index contributed by atoms with van der Waals surface area (Å²) in [5.74, 6) is -0.477. The van der Waals surface area contributed by atoms with Crippen molar-refractivity contribution in [2.24, 2.45) is 5.92 Å². The number of rotatable bonds is 4. The molecule has 2 aromatic carbocycles. The third-order valence-corrected chi connectivity index (χ3v) is 6.04. The number of halogens is 3. The topological polar surface area (TPSA) is 77.5 Å². The summed E-state index contributed by atoms with van der Waals surface area (Å²) in [6.45, 7) is 0.840. The molecule has 1 aliphatic heterocycles. The van der Waals surface area contributed by atoms with E-state index in [1.54, 1.807) is 30.5 Å². The Morgan fingerprint density at radius 3 is 2.17 bits per heavy atom. The third kappa shape index (κ3) is 8.22. The zero-order valence-electron chi connectivity index (χ0n) is 19.4. The average molecular weight is 538 g/mol. The summed E-state index contributed by atoms with van der Waals surface area (Å²) in [4.78, 5) is 27.1. The number of carbonyl (C=O) groups excluding carboxylic acids is 2. The quantitative estimate of drug-likeness (QED) is 0.401. The monoisotopic (exact) mass is 536 g/mol. The predicted octanol–water partition coefficient (Wildman–Crippen LogP) is 6.16. The van der Waals surface area contributed by atoms with Crippen molar-refractivity contribution in [2.45, 2.75) is 18.9 Å². The third-order valence-electron chi connectivity index (χ3n) is 5.53. The summed E-state index contributed by atoms with van der Waals surface area (Å²) >= 11 is 11.7. The number of carbonyl (C=O) groups is 2. The Hall–Kier alpha value is -2.64. The molecular formula is C26H27Cl3N2O4. The SMILES string of the molecule is COC(=O)C1CCNC(c2ccc(Cl)cc2)C1.COC(=O)c1ccnc(-c2ccc(Cl)cc2)c1.Cl. The first-order valence-electron chi connectivity index (χ1n) is 10.8. The van der Waals surface area contributed by atoms with Crippen molar-refractivity contribution < 1.29 is 19.1 Å². The highest BCUT2D eigenvalue weighted by atomic mass is 35.5. The van der Waals surface area contributed by atoms with Crippen molar-refractivity contribution >= 4 is 47.5 Å². The summed E-state index contributed by atoms with van der Waals surface area (Å²) in [5, 5.41) is 4.81. The summed E-state index contributed by atoms with van der Waals surface area (Å²) < 4.78 is 9.46. The highest BCUT2D eigenvalue weighted by molar-refractivity contribution is 6.30. The van der Waals surface area contributed by atoms with E-state index in [-0.39, 0.29) is 36.3 Å². The molecule has 4 rings (SSSR count). The van der Waals surface area contributed by atoms with Gasteiger partial charge >= 0.3 is 11.9 Å². The molecule has 0 aliphatic carbocycles. The van der Waals surface area contributed by atoms with Gasteiger partial charge in [0.05, 0.1) is 31.4 Å². The second-order valence-corrected chi connectivity index (χ2v) is 8.60. The van der Waals surface area contributed by atoms with Gasteiger partial charge in [0.1, 0.15) is 0 Å². The Balaban J connectivity index is 0.000000240. The van der Waals surface area contributed by atoms with Crippen LogP contribution >= 0.6 is 35.6 Å². The van der Waals surface area contributed by atoms with Crippen molar-refractivity contribution in [3.05, 3.63) is 88.0 Å². The molecule has 1 fully saturated rings. The molecule has 35 heavy (non-hydrogen) atoms. The van der Waals surface area contributed by atoms with Gasteiger partial charge in [0.15, 0.2) is 0 Å². The molecule has 186 valence electrons. The fourth-order valence-corrected chi connectivity index (χ4v) is 3.95. The standard InChI is InChI=1S/C13H16ClNO2.C13H10ClNO2.ClH/c2*1-17-13(16)10-6-7-15-12(8-10)9-2-4-11(14)5-3-9;/h2-5,10,12,15H,6-8H2,1H3;2-8H,1H3;1H. The Labute approximate surface area is 221 Å². The Bertz CT molecular complexity index is 1110. The minimum Gasteiger partial charge on any atom is -0.469 e. The van der Waals surface area contributed by atoms with Crippen LogP contribution in [0.1, 0.15) is 34.8 Å². The van der Waals surface area contributed by atoms with Crippen LogP contribution in [-0.2, 0) is 14.3 Å². The van der Waals surface area contributed by atoms with Crippen LogP contribution in [-0.4, -0.2) is 37.7 Å². The van der Waals surface area contributed by atoms with Gasteiger partial charge in [0.2, 0.25) is 0 Å². The van der Waals surface area contributed by atoms with Gasteiger partial charge in [-0.25, -0.2) is 4.79 Å². The van der Waals surface area contributed by atoms with Gasteiger partial charge in [-0.1, -0.05) is 47.5 Å². The van der Waals surface area contributed by atoms with Crippen LogP contribution in [0.4, 0.5) is 0 Å². The van der Waals surface area contributed by atoms with Crippen LogP contribution in [0.25, 0.3) is 11.3 Å². The van der Waals surface area contributed by atoms with E-state index in [4.69, 9.17) is 27.9 Å². The summed E-state index contributed by atoms with van der Waals surface area (Å²) in [6, 6.07) is 18.5. The molecule has 2 heterocycles. The molecule has 0 bridgehead atoms. The van der Waals surface area contributed by atoms with E-state index in [1.165, 1.54) is 19.8 Å². The number of hydrogen-bond donors (Lipinski definition) is 1. The summed E-state index contributed by atoms with van der Waals surface area (Å²) in [6.07, 6.45) is 3.21. The number of methoxy groups -OCH3 is 2. The fraction of sp³-hybridized carbons (Fsp3) is 0.269. The first kappa shape index (κ1) is 28.6. The first-order valence-corrected chi connectivity index (χ1v) is 11.5. The molecule has 2 atom stereocenters. The maximum absolute atomic E-state index is 11.5. The van der Waals surface area contributed by atoms with Gasteiger partial charge in [-0.05, 0) is 61.3 Å². The molecule has 1 aromatic heterocycles. The number of hydrogen-bond acceptors (Lipinski definition) is 6. The lowest BCUT2D eigenvalue weighted by atomic mass is 9.89. The van der Waals surface area contributed by atoms with Crippen LogP contribution < -0.4 is 5.32 Å². The number of nitrogens with zero attached hydrogens (tertiary/aromatic N) is 1. The smallest absolute Gasteiger partial charge is 0.337 e. The number of aromatic nitrogens is 1. The highest BCUT2D eigenvalue weighted by Gasteiger charge is 2.28.